The van der Waals surface area contributed by atoms with Gasteiger partial charge in [0.25, 0.3) is 5.91 Å². The van der Waals surface area contributed by atoms with Gasteiger partial charge in [0.2, 0.25) is 5.91 Å². The Morgan fingerprint density at radius 1 is 1.21 bits per heavy atom. The van der Waals surface area contributed by atoms with Crippen molar-refractivity contribution in [2.24, 2.45) is 0 Å². The van der Waals surface area contributed by atoms with Gasteiger partial charge in [0.15, 0.2) is 0 Å². The highest BCUT2D eigenvalue weighted by Gasteiger charge is 2.49. The molecule has 0 bridgehead atoms. The molecule has 7 heteroatoms. The summed E-state index contributed by atoms with van der Waals surface area (Å²) in [6.45, 7) is 3.97. The second kappa shape index (κ2) is 7.99. The second-order valence-electron chi connectivity index (χ2n) is 7.79. The van der Waals surface area contributed by atoms with E-state index in [1.807, 2.05) is 34.1 Å². The zero-order valence-corrected chi connectivity index (χ0v) is 17.1. The van der Waals surface area contributed by atoms with Gasteiger partial charge in [-0.05, 0) is 30.9 Å². The van der Waals surface area contributed by atoms with Gasteiger partial charge in [0.1, 0.15) is 6.61 Å². The molecular weight excluding hydrogens is 368 g/mol. The van der Waals surface area contributed by atoms with E-state index >= 15 is 0 Å². The minimum absolute atomic E-state index is 0.0164. The molecule has 7 nitrogen and oxygen atoms in total. The van der Waals surface area contributed by atoms with E-state index in [2.05, 4.69) is 16.9 Å². The van der Waals surface area contributed by atoms with Crippen molar-refractivity contribution in [1.29, 1.82) is 0 Å². The van der Waals surface area contributed by atoms with E-state index in [0.29, 0.717) is 32.5 Å². The molecule has 4 rings (SSSR count). The fraction of sp³-hybridized carbons (Fsp3) is 0.500. The molecule has 0 atom stereocenters. The van der Waals surface area contributed by atoms with Crippen LogP contribution in [0.4, 0.5) is 0 Å². The Kier molecular flexibility index (Phi) is 5.41. The predicted octanol–water partition coefficient (Wildman–Crippen LogP) is 2.13. The Morgan fingerprint density at radius 3 is 2.69 bits per heavy atom. The summed E-state index contributed by atoms with van der Waals surface area (Å²) in [6, 6.07) is 7.81. The summed E-state index contributed by atoms with van der Waals surface area (Å²) in [4.78, 5) is 37.6. The summed E-state index contributed by atoms with van der Waals surface area (Å²) in [5, 5.41) is 0. The zero-order chi connectivity index (χ0) is 20.4. The maximum Gasteiger partial charge on any atom is 0.254 e. The van der Waals surface area contributed by atoms with Gasteiger partial charge >= 0.3 is 0 Å². The Hall–Kier alpha value is -2.67. The third-order valence-corrected chi connectivity index (χ3v) is 6.34. The van der Waals surface area contributed by atoms with Crippen LogP contribution >= 0.6 is 0 Å². The minimum Gasteiger partial charge on any atom is -0.375 e. The molecule has 2 aromatic rings. The van der Waals surface area contributed by atoms with Crippen molar-refractivity contribution in [2.75, 3.05) is 33.4 Å². The van der Waals surface area contributed by atoms with Crippen LogP contribution in [0.3, 0.4) is 0 Å². The molecule has 1 saturated heterocycles. The third-order valence-electron chi connectivity index (χ3n) is 6.34. The normalized spacial score (nSPS) is 18.0. The van der Waals surface area contributed by atoms with Gasteiger partial charge in [0, 0.05) is 44.4 Å². The number of amides is 2. The van der Waals surface area contributed by atoms with Crippen LogP contribution in [0.5, 0.6) is 0 Å². The molecule has 2 aliphatic heterocycles. The summed E-state index contributed by atoms with van der Waals surface area (Å²) >= 11 is 0. The van der Waals surface area contributed by atoms with Gasteiger partial charge in [-0.2, -0.15) is 0 Å². The summed E-state index contributed by atoms with van der Waals surface area (Å²) < 4.78 is 5.12. The monoisotopic (exact) mass is 396 g/mol. The first kappa shape index (κ1) is 19.6. The molecular formula is C22H28N4O3. The number of aryl methyl sites for hydroxylation is 1. The predicted molar refractivity (Wildman–Crippen MR) is 109 cm³/mol. The number of H-pyrrole nitrogens is 1. The van der Waals surface area contributed by atoms with Crippen molar-refractivity contribution in [3.8, 4) is 0 Å². The molecule has 1 spiro atoms. The topological polar surface area (TPSA) is 78.5 Å². The number of rotatable bonds is 4. The molecule has 0 unspecified atom stereocenters. The fourth-order valence-electron chi connectivity index (χ4n) is 4.84. The molecule has 0 radical (unpaired) electrons. The maximum atomic E-state index is 13.2. The molecule has 1 fully saturated rings. The zero-order valence-electron chi connectivity index (χ0n) is 17.1. The van der Waals surface area contributed by atoms with Crippen LogP contribution in [0.25, 0.3) is 0 Å². The van der Waals surface area contributed by atoms with Gasteiger partial charge in [0.05, 0.1) is 17.6 Å². The Labute approximate surface area is 171 Å². The summed E-state index contributed by atoms with van der Waals surface area (Å²) in [6.07, 6.45) is 4.67. The van der Waals surface area contributed by atoms with Gasteiger partial charge in [-0.1, -0.05) is 25.1 Å². The first-order valence-corrected chi connectivity index (χ1v) is 10.3. The summed E-state index contributed by atoms with van der Waals surface area (Å²) in [5.41, 5.74) is 3.44. The molecule has 1 aromatic carbocycles. The van der Waals surface area contributed by atoms with E-state index in [1.165, 1.54) is 0 Å². The number of piperidine rings is 1. The lowest BCUT2D eigenvalue weighted by molar-refractivity contribution is -0.145. The number of aromatic amines is 1. The standard InChI is InChI=1S/C22H28N4O3/c1-3-16-6-4-5-7-17(16)21(28)25-12-9-22(10-13-25)20-18(23-15-24-20)8-11-26(22)19(27)14-29-2/h4-7,15H,3,8-14H2,1-2H3,(H,23,24). The largest absolute Gasteiger partial charge is 0.375 e. The van der Waals surface area contributed by atoms with E-state index in [0.717, 1.165) is 35.4 Å². The van der Waals surface area contributed by atoms with Gasteiger partial charge in [-0.3, -0.25) is 9.59 Å². The molecule has 2 amide bonds. The smallest absolute Gasteiger partial charge is 0.254 e. The van der Waals surface area contributed by atoms with Crippen LogP contribution in [-0.2, 0) is 27.9 Å². The maximum absolute atomic E-state index is 13.2. The molecule has 0 aliphatic carbocycles. The van der Waals surface area contributed by atoms with Crippen LogP contribution < -0.4 is 0 Å². The lowest BCUT2D eigenvalue weighted by Crippen LogP contribution is -2.59. The number of ether oxygens (including phenoxy) is 1. The number of aromatic nitrogens is 2. The lowest BCUT2D eigenvalue weighted by atomic mass is 9.78. The molecule has 1 aromatic heterocycles. The number of fused-ring (bicyclic) bond motifs is 2. The third kappa shape index (κ3) is 3.33. The lowest BCUT2D eigenvalue weighted by Gasteiger charge is -2.50. The average molecular weight is 396 g/mol. The summed E-state index contributed by atoms with van der Waals surface area (Å²) in [7, 11) is 1.54. The minimum atomic E-state index is -0.468. The first-order chi connectivity index (χ1) is 14.1. The number of nitrogens with zero attached hydrogens (tertiary/aromatic N) is 3. The number of likely N-dealkylation sites (tertiary alicyclic amines) is 1. The Bertz CT molecular complexity index is 899. The quantitative estimate of drug-likeness (QED) is 0.859. The van der Waals surface area contributed by atoms with Crippen molar-refractivity contribution >= 4 is 11.8 Å². The highest BCUT2D eigenvalue weighted by Crippen LogP contribution is 2.42. The van der Waals surface area contributed by atoms with E-state index in [4.69, 9.17) is 4.74 Å². The number of nitrogens with one attached hydrogen (secondary N) is 1. The molecule has 2 aliphatic rings. The number of imidazole rings is 1. The van der Waals surface area contributed by atoms with Crippen LogP contribution in [-0.4, -0.2) is 64.9 Å². The number of benzene rings is 1. The number of hydrogen-bond donors (Lipinski definition) is 1. The van der Waals surface area contributed by atoms with E-state index < -0.39 is 5.54 Å². The fourth-order valence-corrected chi connectivity index (χ4v) is 4.84. The number of carbonyl (C=O) groups is 2. The number of hydrogen-bond acceptors (Lipinski definition) is 4. The molecule has 3 heterocycles. The summed E-state index contributed by atoms with van der Waals surface area (Å²) in [5.74, 6) is 0.0578. The second-order valence-corrected chi connectivity index (χ2v) is 7.79. The van der Waals surface area contributed by atoms with Crippen LogP contribution in [0, 0.1) is 0 Å². The number of carbonyl (C=O) groups excluding carboxylic acids is 2. The van der Waals surface area contributed by atoms with Gasteiger partial charge < -0.3 is 19.5 Å². The highest BCUT2D eigenvalue weighted by molar-refractivity contribution is 5.95. The van der Waals surface area contributed by atoms with Crippen molar-refractivity contribution in [3.05, 3.63) is 53.1 Å². The van der Waals surface area contributed by atoms with Crippen molar-refractivity contribution in [3.63, 3.8) is 0 Å². The SMILES string of the molecule is CCc1ccccc1C(=O)N1CCC2(CC1)c1nc[nH]c1CCN2C(=O)COC. The van der Waals surface area contributed by atoms with Crippen molar-refractivity contribution < 1.29 is 14.3 Å². The van der Waals surface area contributed by atoms with E-state index in [9.17, 15) is 9.59 Å². The first-order valence-electron chi connectivity index (χ1n) is 10.3. The van der Waals surface area contributed by atoms with Crippen molar-refractivity contribution in [2.45, 2.75) is 38.1 Å². The molecule has 29 heavy (non-hydrogen) atoms. The Balaban J connectivity index is 1.59. The van der Waals surface area contributed by atoms with Crippen molar-refractivity contribution in [1.82, 2.24) is 19.8 Å². The highest BCUT2D eigenvalue weighted by atomic mass is 16.5. The van der Waals surface area contributed by atoms with E-state index in [1.54, 1.807) is 13.4 Å². The van der Waals surface area contributed by atoms with Gasteiger partial charge in [-0.15, -0.1) is 0 Å². The molecule has 1 N–H and O–H groups in total. The average Bonchev–Trinajstić information content (AvgIpc) is 3.24. The van der Waals surface area contributed by atoms with Crippen LogP contribution in [0.15, 0.2) is 30.6 Å². The molecule has 154 valence electrons. The Morgan fingerprint density at radius 2 is 1.97 bits per heavy atom. The van der Waals surface area contributed by atoms with Crippen LogP contribution in [0.2, 0.25) is 0 Å². The number of methoxy groups -OCH3 is 1. The van der Waals surface area contributed by atoms with Gasteiger partial charge in [-0.25, -0.2) is 4.98 Å². The van der Waals surface area contributed by atoms with E-state index in [-0.39, 0.29) is 18.4 Å². The molecule has 0 saturated carbocycles. The van der Waals surface area contributed by atoms with Crippen LogP contribution in [0.1, 0.15) is 47.1 Å².